The van der Waals surface area contributed by atoms with Crippen molar-refractivity contribution in [3.05, 3.63) is 48.6 Å². The van der Waals surface area contributed by atoms with E-state index in [2.05, 4.69) is 62.5 Å². The quantitative estimate of drug-likeness (QED) is 0.0179. The average molecular weight is 775 g/mol. The van der Waals surface area contributed by atoms with E-state index in [0.29, 0.717) is 13.0 Å². The minimum atomic E-state index is -5.02. The van der Waals surface area contributed by atoms with Crippen LogP contribution in [0.25, 0.3) is 0 Å². The highest BCUT2D eigenvalue weighted by Gasteiger charge is 2.51. The zero-order chi connectivity index (χ0) is 39.2. The van der Waals surface area contributed by atoms with Gasteiger partial charge in [0.2, 0.25) is 0 Å². The fourth-order valence-electron chi connectivity index (χ4n) is 5.72. The minimum absolute atomic E-state index is 0.0907. The van der Waals surface area contributed by atoms with E-state index in [4.69, 9.17) is 18.5 Å². The number of rotatable bonds is 32. The van der Waals surface area contributed by atoms with Crippen molar-refractivity contribution >= 4 is 13.8 Å². The summed E-state index contributed by atoms with van der Waals surface area (Å²) in [5, 5.41) is 50.0. The Balaban J connectivity index is 2.46. The lowest BCUT2D eigenvalue weighted by molar-refractivity contribution is -0.220. The third-order valence-corrected chi connectivity index (χ3v) is 9.90. The summed E-state index contributed by atoms with van der Waals surface area (Å²) in [6.07, 6.45) is 23.4. The van der Waals surface area contributed by atoms with Crippen LogP contribution in [0.4, 0.5) is 0 Å². The van der Waals surface area contributed by atoms with Crippen molar-refractivity contribution in [1.82, 2.24) is 0 Å². The number of aliphatic hydroxyl groups is 5. The number of hydrogen-bond donors (Lipinski definition) is 6. The maximum absolute atomic E-state index is 12.7. The van der Waals surface area contributed by atoms with E-state index in [1.165, 1.54) is 0 Å². The van der Waals surface area contributed by atoms with Gasteiger partial charge in [-0.3, -0.25) is 13.8 Å². The largest absolute Gasteiger partial charge is 0.472 e. The standard InChI is InChI=1S/C40H71O12P/c1-3-5-7-9-11-13-15-16-17-18-19-20-22-24-26-28-30-49-31-33(51-34(41)29-27-25-23-21-14-12-10-8-6-4-2)32-50-53(47,48)52-40-38(45)36(43)35(42)37(44)39(40)46/h5,7-8,10-11,13,16-17,33,35-40,42-46H,3-4,6,9,12,14-15,18-32H2,1-2H3,(H,47,48)/b7-5-,10-8-,13-11-,17-16-. The maximum atomic E-state index is 12.7. The van der Waals surface area contributed by atoms with E-state index >= 15 is 0 Å². The summed E-state index contributed by atoms with van der Waals surface area (Å²) in [5.41, 5.74) is 0. The number of aliphatic hydroxyl groups excluding tert-OH is 5. The van der Waals surface area contributed by atoms with Gasteiger partial charge in [0.05, 0.1) is 13.2 Å². The second-order valence-electron chi connectivity index (χ2n) is 13.7. The monoisotopic (exact) mass is 774 g/mol. The highest BCUT2D eigenvalue weighted by Crippen LogP contribution is 2.47. The Bertz CT molecular complexity index is 1060. The molecule has 0 spiro atoms. The number of unbranched alkanes of at least 4 members (excludes halogenated alkanes) is 12. The number of phosphoric acid groups is 1. The van der Waals surface area contributed by atoms with Crippen molar-refractivity contribution in [2.75, 3.05) is 19.8 Å². The van der Waals surface area contributed by atoms with Gasteiger partial charge in [0.1, 0.15) is 42.7 Å². The highest BCUT2D eigenvalue weighted by molar-refractivity contribution is 7.47. The number of ether oxygens (including phenoxy) is 2. The summed E-state index contributed by atoms with van der Waals surface area (Å²) in [5.74, 6) is -0.497. The van der Waals surface area contributed by atoms with Gasteiger partial charge in [-0.1, -0.05) is 114 Å². The first-order valence-electron chi connectivity index (χ1n) is 20.0. The number of carbonyl (C=O) groups is 1. The Hall–Kier alpha value is -1.70. The zero-order valence-electron chi connectivity index (χ0n) is 32.3. The molecule has 6 atom stereocenters. The van der Waals surface area contributed by atoms with Crippen molar-refractivity contribution in [2.45, 2.75) is 179 Å². The summed E-state index contributed by atoms with van der Waals surface area (Å²) in [7, 11) is -5.02. The van der Waals surface area contributed by atoms with E-state index in [9.17, 15) is 39.8 Å². The molecule has 1 aliphatic carbocycles. The van der Waals surface area contributed by atoms with Crippen LogP contribution in [0.15, 0.2) is 48.6 Å². The second kappa shape index (κ2) is 31.5. The van der Waals surface area contributed by atoms with E-state index in [1.54, 1.807) is 0 Å². The summed E-state index contributed by atoms with van der Waals surface area (Å²) < 4.78 is 34.0. The Kier molecular flexibility index (Phi) is 29.3. The van der Waals surface area contributed by atoms with Crippen molar-refractivity contribution in [3.8, 4) is 0 Å². The molecule has 6 N–H and O–H groups in total. The van der Waals surface area contributed by atoms with Crippen molar-refractivity contribution in [1.29, 1.82) is 0 Å². The maximum Gasteiger partial charge on any atom is 0.472 e. The molecule has 1 saturated carbocycles. The first-order valence-corrected chi connectivity index (χ1v) is 21.5. The third kappa shape index (κ3) is 24.4. The van der Waals surface area contributed by atoms with E-state index < -0.39 is 63.1 Å². The van der Waals surface area contributed by atoms with Crippen LogP contribution in [-0.2, 0) is 27.9 Å². The third-order valence-electron chi connectivity index (χ3n) is 8.92. The summed E-state index contributed by atoms with van der Waals surface area (Å²) in [6.45, 7) is 4.01. The predicted octanol–water partition coefficient (Wildman–Crippen LogP) is 6.91. The van der Waals surface area contributed by atoms with Crippen LogP contribution in [0.1, 0.15) is 136 Å². The number of phosphoric ester groups is 1. The van der Waals surface area contributed by atoms with Gasteiger partial charge in [-0.05, 0) is 64.2 Å². The van der Waals surface area contributed by atoms with Gasteiger partial charge in [-0.15, -0.1) is 0 Å². The van der Waals surface area contributed by atoms with E-state index in [0.717, 1.165) is 109 Å². The van der Waals surface area contributed by atoms with Gasteiger partial charge in [-0.2, -0.15) is 0 Å². The summed E-state index contributed by atoms with van der Waals surface area (Å²) >= 11 is 0. The molecule has 53 heavy (non-hydrogen) atoms. The first kappa shape index (κ1) is 49.3. The van der Waals surface area contributed by atoms with Crippen molar-refractivity contribution in [3.63, 3.8) is 0 Å². The molecule has 0 bridgehead atoms. The average Bonchev–Trinajstić information content (AvgIpc) is 3.14. The van der Waals surface area contributed by atoms with Crippen LogP contribution in [-0.4, -0.2) is 98.9 Å². The lowest BCUT2D eigenvalue weighted by atomic mass is 9.85. The van der Waals surface area contributed by atoms with Crippen molar-refractivity contribution in [2.24, 2.45) is 0 Å². The smallest absolute Gasteiger partial charge is 0.457 e. The Morgan fingerprint density at radius 1 is 0.623 bits per heavy atom. The molecule has 0 radical (unpaired) electrons. The SMILES string of the molecule is CC/C=C\C/C=C\C/C=C\CCCCCCCCOCC(COP(=O)(O)OC1C(O)C(O)C(O)C(O)C1O)OC(=O)CCCCCCC/C=C\CCC. The summed E-state index contributed by atoms with van der Waals surface area (Å²) in [6, 6.07) is 0. The number of esters is 1. The molecule has 0 aromatic rings. The molecule has 12 nitrogen and oxygen atoms in total. The highest BCUT2D eigenvalue weighted by atomic mass is 31.2. The molecule has 0 saturated heterocycles. The minimum Gasteiger partial charge on any atom is -0.457 e. The Morgan fingerprint density at radius 3 is 1.72 bits per heavy atom. The van der Waals surface area contributed by atoms with Gasteiger partial charge >= 0.3 is 13.8 Å². The van der Waals surface area contributed by atoms with Crippen LogP contribution in [0.2, 0.25) is 0 Å². The molecule has 1 aliphatic rings. The van der Waals surface area contributed by atoms with Crippen molar-refractivity contribution < 1.29 is 58.3 Å². The van der Waals surface area contributed by atoms with Crippen LogP contribution < -0.4 is 0 Å². The Morgan fingerprint density at radius 2 is 1.11 bits per heavy atom. The number of hydrogen-bond acceptors (Lipinski definition) is 11. The lowest BCUT2D eigenvalue weighted by Crippen LogP contribution is -2.64. The molecule has 308 valence electrons. The van der Waals surface area contributed by atoms with E-state index in [-0.39, 0.29) is 13.0 Å². The number of carbonyl (C=O) groups excluding carboxylic acids is 1. The molecule has 0 heterocycles. The fourth-order valence-corrected chi connectivity index (χ4v) is 6.70. The molecule has 0 aliphatic heterocycles. The Labute approximate surface area is 318 Å². The van der Waals surface area contributed by atoms with Gasteiger partial charge in [0.25, 0.3) is 0 Å². The summed E-state index contributed by atoms with van der Waals surface area (Å²) in [4.78, 5) is 23.0. The van der Waals surface area contributed by atoms with Gasteiger partial charge in [0, 0.05) is 13.0 Å². The molecule has 0 amide bonds. The van der Waals surface area contributed by atoms with Crippen LogP contribution >= 0.6 is 7.82 Å². The number of allylic oxidation sites excluding steroid dienone is 8. The molecular weight excluding hydrogens is 703 g/mol. The molecule has 1 fully saturated rings. The second-order valence-corrected chi connectivity index (χ2v) is 15.2. The van der Waals surface area contributed by atoms with Crippen LogP contribution in [0, 0.1) is 0 Å². The first-order chi connectivity index (χ1) is 25.5. The molecular formula is C40H71O12P. The van der Waals surface area contributed by atoms with Gasteiger partial charge < -0.3 is 39.9 Å². The van der Waals surface area contributed by atoms with E-state index in [1.807, 2.05) is 0 Å². The predicted molar refractivity (Wildman–Crippen MR) is 207 cm³/mol. The molecule has 13 heteroatoms. The zero-order valence-corrected chi connectivity index (χ0v) is 33.2. The normalized spacial score (nSPS) is 24.2. The molecule has 6 unspecified atom stereocenters. The topological polar surface area (TPSA) is 192 Å². The molecule has 0 aromatic carbocycles. The molecule has 1 rings (SSSR count). The molecule has 0 aromatic heterocycles. The lowest BCUT2D eigenvalue weighted by Gasteiger charge is -2.41. The van der Waals surface area contributed by atoms with Gasteiger partial charge in [-0.25, -0.2) is 4.57 Å². The fraction of sp³-hybridized carbons (Fsp3) is 0.775. The van der Waals surface area contributed by atoms with Crippen LogP contribution in [0.5, 0.6) is 0 Å². The van der Waals surface area contributed by atoms with Gasteiger partial charge in [0.15, 0.2) is 0 Å². The van der Waals surface area contributed by atoms with Crippen LogP contribution in [0.3, 0.4) is 0 Å².